The number of carbonyl (C=O) groups is 1. The summed E-state index contributed by atoms with van der Waals surface area (Å²) >= 11 is 5.79. The third kappa shape index (κ3) is 2.33. The minimum absolute atomic E-state index is 0.0491. The molecule has 0 fully saturated rings. The molecule has 0 atom stereocenters. The van der Waals surface area contributed by atoms with Gasteiger partial charge in [-0.05, 0) is 25.4 Å². The molecule has 5 heteroatoms. The average molecular weight is 263 g/mol. The Morgan fingerprint density at radius 3 is 2.33 bits per heavy atom. The molecule has 1 aromatic heterocycles. The van der Waals surface area contributed by atoms with E-state index in [2.05, 4.69) is 9.97 Å². The molecule has 0 radical (unpaired) electrons. The molecule has 0 aliphatic carbocycles. The zero-order chi connectivity index (χ0) is 13.3. The molecular weight excluding hydrogens is 252 g/mol. The number of hydrogen-bond donors (Lipinski definition) is 1. The molecule has 0 bridgehead atoms. The van der Waals surface area contributed by atoms with Gasteiger partial charge in [-0.15, -0.1) is 0 Å². The van der Waals surface area contributed by atoms with Gasteiger partial charge in [0.05, 0.1) is 11.4 Å². The zero-order valence-corrected chi connectivity index (χ0v) is 10.7. The molecule has 1 heterocycles. The Balaban J connectivity index is 2.69. The molecule has 0 unspecified atom stereocenters. The normalized spacial score (nSPS) is 10.4. The van der Waals surface area contributed by atoms with Gasteiger partial charge in [0, 0.05) is 5.56 Å². The Kier molecular flexibility index (Phi) is 3.30. The van der Waals surface area contributed by atoms with Gasteiger partial charge in [-0.2, -0.15) is 0 Å². The number of halogens is 1. The molecular formula is C13H11ClN2O2. The predicted octanol–water partition coefficient (Wildman–Crippen LogP) is 3.11. The summed E-state index contributed by atoms with van der Waals surface area (Å²) in [6.07, 6.45) is 0. The van der Waals surface area contributed by atoms with Gasteiger partial charge in [0.15, 0.2) is 0 Å². The third-order valence-electron chi connectivity index (χ3n) is 2.60. The molecule has 0 aliphatic heterocycles. The van der Waals surface area contributed by atoms with E-state index in [1.165, 1.54) is 0 Å². The van der Waals surface area contributed by atoms with Crippen molar-refractivity contribution in [2.45, 2.75) is 13.8 Å². The molecule has 0 amide bonds. The van der Waals surface area contributed by atoms with Crippen molar-refractivity contribution in [3.8, 4) is 11.3 Å². The number of hydrogen-bond acceptors (Lipinski definition) is 3. The van der Waals surface area contributed by atoms with Crippen LogP contribution in [0.1, 0.15) is 21.6 Å². The minimum Gasteiger partial charge on any atom is -0.478 e. The second kappa shape index (κ2) is 4.74. The maximum Gasteiger partial charge on any atom is 0.339 e. The summed E-state index contributed by atoms with van der Waals surface area (Å²) < 4.78 is 0. The maximum absolute atomic E-state index is 11.3. The first-order valence-electron chi connectivity index (χ1n) is 5.33. The Bertz CT molecular complexity index is 609. The van der Waals surface area contributed by atoms with E-state index in [0.717, 1.165) is 5.56 Å². The van der Waals surface area contributed by atoms with E-state index in [1.54, 1.807) is 6.92 Å². The molecule has 4 nitrogen and oxygen atoms in total. The lowest BCUT2D eigenvalue weighted by atomic mass is 10.0. The fraction of sp³-hybridized carbons (Fsp3) is 0.154. The number of aromatic carboxylic acids is 1. The van der Waals surface area contributed by atoms with Crippen LogP contribution in [-0.4, -0.2) is 21.0 Å². The lowest BCUT2D eigenvalue weighted by molar-refractivity contribution is 0.0696. The zero-order valence-electron chi connectivity index (χ0n) is 9.94. The average Bonchev–Trinajstić information content (AvgIpc) is 2.28. The van der Waals surface area contributed by atoms with Crippen LogP contribution >= 0.6 is 11.6 Å². The topological polar surface area (TPSA) is 63.1 Å². The van der Waals surface area contributed by atoms with E-state index in [4.69, 9.17) is 11.6 Å². The standard InChI is InChI=1S/C13H11ClN2O2/c1-7-3-5-9(6-4-7)11-10(12(17)18)8(2)15-13(14)16-11/h3-6H,1-2H3,(H,17,18). The summed E-state index contributed by atoms with van der Waals surface area (Å²) in [5.74, 6) is -1.06. The Morgan fingerprint density at radius 2 is 1.78 bits per heavy atom. The highest BCUT2D eigenvalue weighted by Gasteiger charge is 2.18. The van der Waals surface area contributed by atoms with Gasteiger partial charge >= 0.3 is 5.97 Å². The molecule has 0 saturated heterocycles. The SMILES string of the molecule is Cc1ccc(-c2nc(Cl)nc(C)c2C(=O)O)cc1. The molecule has 0 saturated carbocycles. The Hall–Kier alpha value is -1.94. The molecule has 1 N–H and O–H groups in total. The largest absolute Gasteiger partial charge is 0.478 e. The number of nitrogens with zero attached hydrogens (tertiary/aromatic N) is 2. The summed E-state index contributed by atoms with van der Waals surface area (Å²) in [6, 6.07) is 7.43. The molecule has 2 aromatic rings. The summed E-state index contributed by atoms with van der Waals surface area (Å²) in [6.45, 7) is 3.56. The number of carboxylic acids is 1. The highest BCUT2D eigenvalue weighted by Crippen LogP contribution is 2.25. The molecule has 0 spiro atoms. The lowest BCUT2D eigenvalue weighted by Gasteiger charge is -2.08. The van der Waals surface area contributed by atoms with Crippen LogP contribution in [0, 0.1) is 13.8 Å². The number of aromatic nitrogens is 2. The van der Waals surface area contributed by atoms with E-state index in [0.29, 0.717) is 17.0 Å². The van der Waals surface area contributed by atoms with Crippen LogP contribution in [-0.2, 0) is 0 Å². The van der Waals surface area contributed by atoms with E-state index in [-0.39, 0.29) is 10.8 Å². The van der Waals surface area contributed by atoms with Gasteiger partial charge in [0.1, 0.15) is 5.56 Å². The van der Waals surface area contributed by atoms with Gasteiger partial charge in [-0.1, -0.05) is 29.8 Å². The van der Waals surface area contributed by atoms with Crippen molar-refractivity contribution in [2.24, 2.45) is 0 Å². The fourth-order valence-electron chi connectivity index (χ4n) is 1.72. The summed E-state index contributed by atoms with van der Waals surface area (Å²) in [5, 5.41) is 9.28. The molecule has 2 rings (SSSR count). The monoisotopic (exact) mass is 262 g/mol. The third-order valence-corrected chi connectivity index (χ3v) is 2.77. The molecule has 92 valence electrons. The van der Waals surface area contributed by atoms with E-state index in [9.17, 15) is 9.90 Å². The van der Waals surface area contributed by atoms with Crippen molar-refractivity contribution in [3.05, 3.63) is 46.4 Å². The lowest BCUT2D eigenvalue weighted by Crippen LogP contribution is -2.07. The maximum atomic E-state index is 11.3. The fourth-order valence-corrected chi connectivity index (χ4v) is 1.93. The number of rotatable bonds is 2. The van der Waals surface area contributed by atoms with Crippen molar-refractivity contribution in [3.63, 3.8) is 0 Å². The second-order valence-corrected chi connectivity index (χ2v) is 4.31. The van der Waals surface area contributed by atoms with Crippen LogP contribution in [0.2, 0.25) is 5.28 Å². The van der Waals surface area contributed by atoms with Crippen LogP contribution in [0.25, 0.3) is 11.3 Å². The van der Waals surface area contributed by atoms with Crippen molar-refractivity contribution in [2.75, 3.05) is 0 Å². The Morgan fingerprint density at radius 1 is 1.17 bits per heavy atom. The number of benzene rings is 1. The predicted molar refractivity (Wildman–Crippen MR) is 68.9 cm³/mol. The summed E-state index contributed by atoms with van der Waals surface area (Å²) in [5.41, 5.74) is 2.60. The van der Waals surface area contributed by atoms with E-state index < -0.39 is 5.97 Å². The van der Waals surface area contributed by atoms with Crippen LogP contribution < -0.4 is 0 Å². The first kappa shape index (κ1) is 12.5. The Labute approximate surface area is 109 Å². The van der Waals surface area contributed by atoms with Crippen LogP contribution in [0.4, 0.5) is 0 Å². The summed E-state index contributed by atoms with van der Waals surface area (Å²) in [4.78, 5) is 19.2. The highest BCUT2D eigenvalue weighted by molar-refractivity contribution is 6.28. The smallest absolute Gasteiger partial charge is 0.339 e. The highest BCUT2D eigenvalue weighted by atomic mass is 35.5. The second-order valence-electron chi connectivity index (χ2n) is 3.97. The first-order chi connectivity index (χ1) is 8.49. The number of carboxylic acid groups (broad SMARTS) is 1. The van der Waals surface area contributed by atoms with E-state index in [1.807, 2.05) is 31.2 Å². The van der Waals surface area contributed by atoms with Crippen molar-refractivity contribution in [1.82, 2.24) is 9.97 Å². The minimum atomic E-state index is -1.06. The van der Waals surface area contributed by atoms with Crippen molar-refractivity contribution >= 4 is 17.6 Å². The van der Waals surface area contributed by atoms with Crippen LogP contribution in [0.15, 0.2) is 24.3 Å². The molecule has 18 heavy (non-hydrogen) atoms. The van der Waals surface area contributed by atoms with Gasteiger partial charge in [0.25, 0.3) is 0 Å². The molecule has 0 aliphatic rings. The van der Waals surface area contributed by atoms with Gasteiger partial charge < -0.3 is 5.11 Å². The van der Waals surface area contributed by atoms with Crippen LogP contribution in [0.3, 0.4) is 0 Å². The van der Waals surface area contributed by atoms with Gasteiger partial charge in [0.2, 0.25) is 5.28 Å². The quantitative estimate of drug-likeness (QED) is 0.845. The van der Waals surface area contributed by atoms with Crippen LogP contribution in [0.5, 0.6) is 0 Å². The van der Waals surface area contributed by atoms with Crippen molar-refractivity contribution < 1.29 is 9.90 Å². The van der Waals surface area contributed by atoms with Gasteiger partial charge in [-0.3, -0.25) is 0 Å². The van der Waals surface area contributed by atoms with Gasteiger partial charge in [-0.25, -0.2) is 14.8 Å². The summed E-state index contributed by atoms with van der Waals surface area (Å²) in [7, 11) is 0. The first-order valence-corrected chi connectivity index (χ1v) is 5.71. The van der Waals surface area contributed by atoms with E-state index >= 15 is 0 Å². The van der Waals surface area contributed by atoms with Crippen molar-refractivity contribution in [1.29, 1.82) is 0 Å². The molecule has 1 aromatic carbocycles. The number of aryl methyl sites for hydroxylation is 2.